The highest BCUT2D eigenvalue weighted by atomic mass is 19.1. The number of hydrogen-bond acceptors (Lipinski definition) is 4. The molecule has 1 atom stereocenters. The smallest absolute Gasteiger partial charge is 0.127 e. The van der Waals surface area contributed by atoms with Crippen LogP contribution in [0.2, 0.25) is 0 Å². The van der Waals surface area contributed by atoms with Crippen LogP contribution in [0.1, 0.15) is 12.0 Å². The van der Waals surface area contributed by atoms with Gasteiger partial charge in [-0.2, -0.15) is 0 Å². The molecule has 0 aromatic heterocycles. The quantitative estimate of drug-likeness (QED) is 0.475. The Morgan fingerprint density at radius 3 is 2.86 bits per heavy atom. The van der Waals surface area contributed by atoms with Crippen molar-refractivity contribution in [2.45, 2.75) is 19.1 Å². The van der Waals surface area contributed by atoms with Crippen LogP contribution in [0.3, 0.4) is 0 Å². The standard InChI is InChI=1S/C17H26FNO3/c1-3-10-22-14-16(20)13-19(9-6-11-21-2)12-15-7-4-5-8-17(15)18/h3-5,7-8,16,20H,1,6,9-14H2,2H3. The molecule has 0 amide bonds. The molecule has 0 aliphatic rings. The third-order valence-corrected chi connectivity index (χ3v) is 3.19. The Hall–Kier alpha value is -1.27. The maximum absolute atomic E-state index is 13.8. The van der Waals surface area contributed by atoms with Crippen LogP contribution in [0.4, 0.5) is 4.39 Å². The van der Waals surface area contributed by atoms with Gasteiger partial charge in [-0.15, -0.1) is 6.58 Å². The molecule has 0 saturated heterocycles. The SMILES string of the molecule is C=CCOCC(O)CN(CCCOC)Cc1ccccc1F. The van der Waals surface area contributed by atoms with Crippen molar-refractivity contribution in [1.82, 2.24) is 4.90 Å². The number of hydrogen-bond donors (Lipinski definition) is 1. The van der Waals surface area contributed by atoms with Crippen molar-refractivity contribution < 1.29 is 19.0 Å². The van der Waals surface area contributed by atoms with Gasteiger partial charge in [0.05, 0.1) is 19.3 Å². The maximum Gasteiger partial charge on any atom is 0.127 e. The lowest BCUT2D eigenvalue weighted by Gasteiger charge is -2.25. The Morgan fingerprint density at radius 2 is 2.18 bits per heavy atom. The molecule has 1 rings (SSSR count). The van der Waals surface area contributed by atoms with Crippen LogP contribution in [-0.4, -0.2) is 56.1 Å². The molecule has 0 saturated carbocycles. The molecule has 1 aromatic rings. The van der Waals surface area contributed by atoms with Crippen molar-refractivity contribution in [3.05, 3.63) is 48.3 Å². The molecule has 0 heterocycles. The molecule has 0 fully saturated rings. The number of benzene rings is 1. The van der Waals surface area contributed by atoms with Gasteiger partial charge in [-0.05, 0) is 12.5 Å². The predicted molar refractivity (Wildman–Crippen MR) is 85.2 cm³/mol. The number of nitrogens with zero attached hydrogens (tertiary/aromatic N) is 1. The maximum atomic E-state index is 13.8. The van der Waals surface area contributed by atoms with Gasteiger partial charge in [-0.3, -0.25) is 4.90 Å². The van der Waals surface area contributed by atoms with E-state index in [1.807, 2.05) is 11.0 Å². The summed E-state index contributed by atoms with van der Waals surface area (Å²) in [6.45, 7) is 6.45. The van der Waals surface area contributed by atoms with Gasteiger partial charge < -0.3 is 14.6 Å². The normalized spacial score (nSPS) is 12.5. The van der Waals surface area contributed by atoms with Gasteiger partial charge in [0, 0.05) is 38.9 Å². The van der Waals surface area contributed by atoms with Gasteiger partial charge in [0.1, 0.15) is 5.82 Å². The number of aliphatic hydroxyl groups is 1. The Balaban J connectivity index is 2.55. The molecule has 0 spiro atoms. The van der Waals surface area contributed by atoms with E-state index in [1.165, 1.54) is 6.07 Å². The van der Waals surface area contributed by atoms with Crippen molar-refractivity contribution in [3.63, 3.8) is 0 Å². The molecule has 124 valence electrons. The third-order valence-electron chi connectivity index (χ3n) is 3.19. The Morgan fingerprint density at radius 1 is 1.41 bits per heavy atom. The van der Waals surface area contributed by atoms with Crippen LogP contribution in [0.5, 0.6) is 0 Å². The summed E-state index contributed by atoms with van der Waals surface area (Å²) in [7, 11) is 1.65. The zero-order valence-electron chi connectivity index (χ0n) is 13.2. The van der Waals surface area contributed by atoms with Gasteiger partial charge in [0.15, 0.2) is 0 Å². The van der Waals surface area contributed by atoms with E-state index in [2.05, 4.69) is 6.58 Å². The molecule has 0 bridgehead atoms. The summed E-state index contributed by atoms with van der Waals surface area (Å²) in [5, 5.41) is 10.0. The third kappa shape index (κ3) is 7.66. The summed E-state index contributed by atoms with van der Waals surface area (Å²) in [6.07, 6.45) is 1.85. The highest BCUT2D eigenvalue weighted by Crippen LogP contribution is 2.11. The van der Waals surface area contributed by atoms with Crippen LogP contribution >= 0.6 is 0 Å². The van der Waals surface area contributed by atoms with Crippen molar-refractivity contribution in [1.29, 1.82) is 0 Å². The number of methoxy groups -OCH3 is 1. The monoisotopic (exact) mass is 311 g/mol. The number of aliphatic hydroxyl groups excluding tert-OH is 1. The van der Waals surface area contributed by atoms with E-state index in [0.29, 0.717) is 31.9 Å². The molecule has 1 aromatic carbocycles. The minimum Gasteiger partial charge on any atom is -0.389 e. The first-order valence-corrected chi connectivity index (χ1v) is 7.48. The molecular formula is C17H26FNO3. The molecule has 5 heteroatoms. The average Bonchev–Trinajstić information content (AvgIpc) is 2.50. The van der Waals surface area contributed by atoms with E-state index in [0.717, 1.165) is 13.0 Å². The largest absolute Gasteiger partial charge is 0.389 e. The van der Waals surface area contributed by atoms with Crippen molar-refractivity contribution in [2.75, 3.05) is 40.0 Å². The molecule has 0 aliphatic heterocycles. The zero-order chi connectivity index (χ0) is 16.2. The average molecular weight is 311 g/mol. The summed E-state index contributed by atoms with van der Waals surface area (Å²) >= 11 is 0. The highest BCUT2D eigenvalue weighted by Gasteiger charge is 2.14. The Labute approximate surface area is 132 Å². The topological polar surface area (TPSA) is 41.9 Å². The molecule has 0 aliphatic carbocycles. The second-order valence-corrected chi connectivity index (χ2v) is 5.15. The Kier molecular flexibility index (Phi) is 9.66. The van der Waals surface area contributed by atoms with Crippen LogP contribution in [0, 0.1) is 5.82 Å². The van der Waals surface area contributed by atoms with E-state index in [1.54, 1.807) is 25.3 Å². The number of ether oxygens (including phenoxy) is 2. The lowest BCUT2D eigenvalue weighted by molar-refractivity contribution is 0.0227. The first-order valence-electron chi connectivity index (χ1n) is 7.48. The van der Waals surface area contributed by atoms with Crippen LogP contribution in [0.25, 0.3) is 0 Å². The van der Waals surface area contributed by atoms with Gasteiger partial charge in [-0.1, -0.05) is 24.3 Å². The lowest BCUT2D eigenvalue weighted by Crippen LogP contribution is -2.35. The summed E-state index contributed by atoms with van der Waals surface area (Å²) in [4.78, 5) is 2.01. The summed E-state index contributed by atoms with van der Waals surface area (Å²) in [5.41, 5.74) is 0.624. The van der Waals surface area contributed by atoms with Crippen molar-refractivity contribution in [3.8, 4) is 0 Å². The molecule has 4 nitrogen and oxygen atoms in total. The minimum atomic E-state index is -0.616. The summed E-state index contributed by atoms with van der Waals surface area (Å²) in [6, 6.07) is 6.70. The summed E-state index contributed by atoms with van der Waals surface area (Å²) in [5.74, 6) is -0.225. The van der Waals surface area contributed by atoms with Gasteiger partial charge >= 0.3 is 0 Å². The molecule has 0 radical (unpaired) electrons. The van der Waals surface area contributed by atoms with E-state index >= 15 is 0 Å². The van der Waals surface area contributed by atoms with Gasteiger partial charge in [0.2, 0.25) is 0 Å². The number of halogens is 1. The van der Waals surface area contributed by atoms with E-state index < -0.39 is 6.10 Å². The van der Waals surface area contributed by atoms with E-state index in [9.17, 15) is 9.50 Å². The molecule has 1 unspecified atom stereocenters. The molecular weight excluding hydrogens is 285 g/mol. The van der Waals surface area contributed by atoms with E-state index in [-0.39, 0.29) is 12.4 Å². The van der Waals surface area contributed by atoms with Crippen molar-refractivity contribution in [2.24, 2.45) is 0 Å². The van der Waals surface area contributed by atoms with Crippen molar-refractivity contribution >= 4 is 0 Å². The fourth-order valence-electron chi connectivity index (χ4n) is 2.17. The first-order chi connectivity index (χ1) is 10.7. The lowest BCUT2D eigenvalue weighted by atomic mass is 10.2. The second-order valence-electron chi connectivity index (χ2n) is 5.15. The minimum absolute atomic E-state index is 0.225. The predicted octanol–water partition coefficient (Wildman–Crippen LogP) is 2.23. The first kappa shape index (κ1) is 18.8. The Bertz CT molecular complexity index is 428. The fraction of sp³-hybridized carbons (Fsp3) is 0.529. The second kappa shape index (κ2) is 11.3. The van der Waals surface area contributed by atoms with Crippen LogP contribution in [0.15, 0.2) is 36.9 Å². The van der Waals surface area contributed by atoms with Crippen LogP contribution in [-0.2, 0) is 16.0 Å². The fourth-order valence-corrected chi connectivity index (χ4v) is 2.17. The number of rotatable bonds is 12. The zero-order valence-corrected chi connectivity index (χ0v) is 13.2. The van der Waals surface area contributed by atoms with Gasteiger partial charge in [0.25, 0.3) is 0 Å². The van der Waals surface area contributed by atoms with Gasteiger partial charge in [-0.25, -0.2) is 4.39 Å². The molecule has 22 heavy (non-hydrogen) atoms. The summed E-state index contributed by atoms with van der Waals surface area (Å²) < 4.78 is 24.1. The van der Waals surface area contributed by atoms with Crippen LogP contribution < -0.4 is 0 Å². The molecule has 1 N–H and O–H groups in total. The highest BCUT2D eigenvalue weighted by molar-refractivity contribution is 5.17. The van der Waals surface area contributed by atoms with E-state index in [4.69, 9.17) is 9.47 Å².